The fraction of sp³-hybridized carbons (Fsp3) is 0.429. The summed E-state index contributed by atoms with van der Waals surface area (Å²) in [5, 5.41) is 27.4. The summed E-state index contributed by atoms with van der Waals surface area (Å²) in [6, 6.07) is 0. The summed E-state index contributed by atoms with van der Waals surface area (Å²) >= 11 is 0. The third-order valence-corrected chi connectivity index (χ3v) is 1.79. The first-order valence-corrected chi connectivity index (χ1v) is 5.48. The first kappa shape index (κ1) is 15.5. The lowest BCUT2D eigenvalue weighted by Gasteiger charge is -2.06. The van der Waals surface area contributed by atoms with Crippen LogP contribution in [0.1, 0.15) is 19.8 Å². The topological polar surface area (TPSA) is 60.7 Å². The largest absolute Gasteiger partial charge is 0.396 e. The van der Waals surface area contributed by atoms with Crippen LogP contribution in [0.25, 0.3) is 0 Å². The van der Waals surface area contributed by atoms with Gasteiger partial charge in [0.1, 0.15) is 12.2 Å². The molecule has 3 N–H and O–H groups in total. The van der Waals surface area contributed by atoms with Crippen LogP contribution in [0.15, 0.2) is 24.3 Å². The zero-order valence-electron chi connectivity index (χ0n) is 9.93. The monoisotopic (exact) mass is 234 g/mol. The Morgan fingerprint density at radius 1 is 1.24 bits per heavy atom. The highest BCUT2D eigenvalue weighted by Gasteiger charge is 2.08. The molecule has 0 aliphatic heterocycles. The first-order chi connectivity index (χ1) is 8.22. The van der Waals surface area contributed by atoms with Crippen molar-refractivity contribution in [3.05, 3.63) is 24.3 Å². The zero-order valence-corrected chi connectivity index (χ0v) is 9.93. The number of aliphatic hydroxyl groups excluding tert-OH is 3. The lowest BCUT2D eigenvalue weighted by Crippen LogP contribution is -2.21. The van der Waals surface area contributed by atoms with Crippen molar-refractivity contribution in [2.45, 2.75) is 32.0 Å². The van der Waals surface area contributed by atoms with Crippen LogP contribution in [0, 0.1) is 23.7 Å². The van der Waals surface area contributed by atoms with E-state index in [1.807, 2.05) is 6.92 Å². The molecule has 0 aliphatic carbocycles. The predicted molar refractivity (Wildman–Crippen MR) is 67.8 cm³/mol. The standard InChI is InChI=1S/C14H18O3/c1-2-3-4-5-7-10-13(16)14(17)11-8-6-9-12-15/h2-3,8,11,13-17H,6,9,12H2,1H3. The summed E-state index contributed by atoms with van der Waals surface area (Å²) in [6.45, 7) is 1.96. The minimum absolute atomic E-state index is 0.114. The number of hydrogen-bond donors (Lipinski definition) is 3. The highest BCUT2D eigenvalue weighted by atomic mass is 16.3. The third kappa shape index (κ3) is 9.41. The van der Waals surface area contributed by atoms with Crippen LogP contribution in [0.4, 0.5) is 0 Å². The van der Waals surface area contributed by atoms with Crippen molar-refractivity contribution >= 4 is 0 Å². The second-order valence-corrected chi connectivity index (χ2v) is 3.27. The van der Waals surface area contributed by atoms with Crippen LogP contribution in [0.5, 0.6) is 0 Å². The molecule has 0 aromatic carbocycles. The van der Waals surface area contributed by atoms with E-state index in [-0.39, 0.29) is 6.61 Å². The van der Waals surface area contributed by atoms with E-state index in [4.69, 9.17) is 5.11 Å². The van der Waals surface area contributed by atoms with Crippen LogP contribution in [0.2, 0.25) is 0 Å². The lowest BCUT2D eigenvalue weighted by atomic mass is 10.1. The molecule has 0 saturated carbocycles. The van der Waals surface area contributed by atoms with E-state index in [9.17, 15) is 10.2 Å². The molecule has 92 valence electrons. The molecule has 0 saturated heterocycles. The van der Waals surface area contributed by atoms with Gasteiger partial charge in [0.15, 0.2) is 0 Å². The molecule has 2 atom stereocenters. The number of allylic oxidation sites excluding steroid dienone is 3. The lowest BCUT2D eigenvalue weighted by molar-refractivity contribution is 0.0868. The van der Waals surface area contributed by atoms with E-state index in [0.717, 1.165) is 0 Å². The van der Waals surface area contributed by atoms with Crippen molar-refractivity contribution in [2.75, 3.05) is 6.61 Å². The Morgan fingerprint density at radius 3 is 2.65 bits per heavy atom. The number of aliphatic hydroxyl groups is 3. The molecule has 0 aliphatic rings. The Morgan fingerprint density at radius 2 is 2.00 bits per heavy atom. The van der Waals surface area contributed by atoms with Crippen LogP contribution < -0.4 is 0 Å². The van der Waals surface area contributed by atoms with E-state index >= 15 is 0 Å². The maximum absolute atomic E-state index is 9.46. The first-order valence-electron chi connectivity index (χ1n) is 5.48. The molecule has 0 spiro atoms. The summed E-state index contributed by atoms with van der Waals surface area (Å²) < 4.78 is 0. The summed E-state index contributed by atoms with van der Waals surface area (Å²) in [5.74, 6) is 10.1. The van der Waals surface area contributed by atoms with Crippen molar-refractivity contribution in [3.8, 4) is 23.7 Å². The van der Waals surface area contributed by atoms with Gasteiger partial charge in [0.25, 0.3) is 0 Å². The van der Waals surface area contributed by atoms with Gasteiger partial charge in [-0.05, 0) is 37.7 Å². The van der Waals surface area contributed by atoms with Gasteiger partial charge in [-0.1, -0.05) is 30.1 Å². The van der Waals surface area contributed by atoms with Crippen LogP contribution in [-0.2, 0) is 0 Å². The molecule has 0 radical (unpaired) electrons. The molecule has 3 nitrogen and oxygen atoms in total. The summed E-state index contributed by atoms with van der Waals surface area (Å²) in [7, 11) is 0. The van der Waals surface area contributed by atoms with Gasteiger partial charge in [-0.15, -0.1) is 0 Å². The van der Waals surface area contributed by atoms with Gasteiger partial charge in [0.05, 0.1) is 0 Å². The molecule has 0 heterocycles. The van der Waals surface area contributed by atoms with Crippen molar-refractivity contribution in [1.82, 2.24) is 0 Å². The SMILES string of the molecule is CC=CC#CC#CC(O)C(O)C=CCCCO. The normalized spacial score (nSPS) is 13.9. The summed E-state index contributed by atoms with van der Waals surface area (Å²) in [6.07, 6.45) is 5.74. The Kier molecular flexibility index (Phi) is 10.00. The Bertz CT molecular complexity index is 360. The predicted octanol–water partition coefficient (Wildman–Crippen LogP) is 0.620. The molecule has 0 fully saturated rings. The van der Waals surface area contributed by atoms with E-state index in [1.165, 1.54) is 6.08 Å². The maximum atomic E-state index is 9.46. The molecule has 17 heavy (non-hydrogen) atoms. The Hall–Kier alpha value is -1.52. The van der Waals surface area contributed by atoms with Gasteiger partial charge < -0.3 is 15.3 Å². The molecule has 3 heteroatoms. The second-order valence-electron chi connectivity index (χ2n) is 3.27. The van der Waals surface area contributed by atoms with E-state index < -0.39 is 12.2 Å². The van der Waals surface area contributed by atoms with Crippen molar-refractivity contribution in [3.63, 3.8) is 0 Å². The minimum atomic E-state index is -1.14. The molecular formula is C14H18O3. The molecule has 0 rings (SSSR count). The Labute approximate surface area is 102 Å². The van der Waals surface area contributed by atoms with Crippen LogP contribution in [-0.4, -0.2) is 34.1 Å². The highest BCUT2D eigenvalue weighted by molar-refractivity contribution is 5.32. The van der Waals surface area contributed by atoms with E-state index in [1.54, 1.807) is 18.2 Å². The molecular weight excluding hydrogens is 216 g/mol. The van der Waals surface area contributed by atoms with Crippen LogP contribution >= 0.6 is 0 Å². The molecule has 2 unspecified atom stereocenters. The third-order valence-electron chi connectivity index (χ3n) is 1.79. The number of rotatable bonds is 5. The summed E-state index contributed by atoms with van der Waals surface area (Å²) in [4.78, 5) is 0. The quantitative estimate of drug-likeness (QED) is 0.371. The molecule has 0 aromatic heterocycles. The zero-order chi connectivity index (χ0) is 12.9. The fourth-order valence-electron chi connectivity index (χ4n) is 0.907. The van der Waals surface area contributed by atoms with Gasteiger partial charge in [-0.25, -0.2) is 0 Å². The van der Waals surface area contributed by atoms with Crippen molar-refractivity contribution < 1.29 is 15.3 Å². The molecule has 0 bridgehead atoms. The maximum Gasteiger partial charge on any atom is 0.145 e. The van der Waals surface area contributed by atoms with E-state index in [0.29, 0.717) is 12.8 Å². The van der Waals surface area contributed by atoms with Crippen molar-refractivity contribution in [2.24, 2.45) is 0 Å². The smallest absolute Gasteiger partial charge is 0.145 e. The average molecular weight is 234 g/mol. The minimum Gasteiger partial charge on any atom is -0.396 e. The number of hydrogen-bond acceptors (Lipinski definition) is 3. The van der Waals surface area contributed by atoms with Gasteiger partial charge in [-0.2, -0.15) is 0 Å². The van der Waals surface area contributed by atoms with Gasteiger partial charge >= 0.3 is 0 Å². The molecule has 0 aromatic rings. The summed E-state index contributed by atoms with van der Waals surface area (Å²) in [5.41, 5.74) is 0. The van der Waals surface area contributed by atoms with Crippen LogP contribution in [0.3, 0.4) is 0 Å². The van der Waals surface area contributed by atoms with E-state index in [2.05, 4.69) is 23.7 Å². The average Bonchev–Trinajstić information content (AvgIpc) is 2.34. The van der Waals surface area contributed by atoms with Gasteiger partial charge in [-0.3, -0.25) is 0 Å². The number of unbranched alkanes of at least 4 members (excludes halogenated alkanes) is 1. The van der Waals surface area contributed by atoms with Crippen molar-refractivity contribution in [1.29, 1.82) is 0 Å². The second kappa shape index (κ2) is 11.0. The fourth-order valence-corrected chi connectivity index (χ4v) is 0.907. The Balaban J connectivity index is 4.09. The van der Waals surface area contributed by atoms with Gasteiger partial charge in [0, 0.05) is 6.61 Å². The highest BCUT2D eigenvalue weighted by Crippen LogP contribution is 1.97. The van der Waals surface area contributed by atoms with Gasteiger partial charge in [0.2, 0.25) is 0 Å². The molecule has 0 amide bonds.